The minimum Gasteiger partial charge on any atom is -0.497 e. The molecule has 0 aliphatic carbocycles. The summed E-state index contributed by atoms with van der Waals surface area (Å²) < 4.78 is 21.1. The number of aromatic nitrogens is 2. The maximum absolute atomic E-state index is 12.5. The van der Waals surface area contributed by atoms with Gasteiger partial charge in [0.1, 0.15) is 5.75 Å². The summed E-state index contributed by atoms with van der Waals surface area (Å²) in [4.78, 5) is 20.2. The van der Waals surface area contributed by atoms with Crippen molar-refractivity contribution in [1.82, 2.24) is 15.3 Å². The third-order valence-electron chi connectivity index (χ3n) is 4.51. The molecule has 0 saturated carbocycles. The SMILES string of the molecule is COc1ccc(-c2cnc(SCCNC(=O)c3cc(OC)c(OC)c(OC)c3)[nH]2)cc1. The van der Waals surface area contributed by atoms with Gasteiger partial charge < -0.3 is 29.2 Å². The number of carbonyl (C=O) groups excluding carboxylic acids is 1. The highest BCUT2D eigenvalue weighted by Gasteiger charge is 2.16. The van der Waals surface area contributed by atoms with E-state index in [0.717, 1.165) is 22.2 Å². The van der Waals surface area contributed by atoms with Gasteiger partial charge in [0.2, 0.25) is 5.75 Å². The number of thioether (sulfide) groups is 1. The molecule has 0 atom stereocenters. The van der Waals surface area contributed by atoms with E-state index in [1.54, 1.807) is 25.4 Å². The Balaban J connectivity index is 1.54. The van der Waals surface area contributed by atoms with Gasteiger partial charge in [-0.2, -0.15) is 0 Å². The predicted molar refractivity (Wildman–Crippen MR) is 120 cm³/mol. The van der Waals surface area contributed by atoms with Crippen molar-refractivity contribution >= 4 is 17.7 Å². The van der Waals surface area contributed by atoms with Crippen molar-refractivity contribution in [3.05, 3.63) is 48.2 Å². The number of nitrogens with one attached hydrogen (secondary N) is 2. The Kier molecular flexibility index (Phi) is 7.66. The van der Waals surface area contributed by atoms with E-state index in [-0.39, 0.29) is 5.91 Å². The van der Waals surface area contributed by atoms with Gasteiger partial charge in [0.25, 0.3) is 5.91 Å². The van der Waals surface area contributed by atoms with Crippen LogP contribution < -0.4 is 24.3 Å². The normalized spacial score (nSPS) is 10.5. The van der Waals surface area contributed by atoms with Gasteiger partial charge in [-0.25, -0.2) is 4.98 Å². The summed E-state index contributed by atoms with van der Waals surface area (Å²) in [5.41, 5.74) is 2.38. The number of aromatic amines is 1. The summed E-state index contributed by atoms with van der Waals surface area (Å²) in [6.45, 7) is 0.471. The summed E-state index contributed by atoms with van der Waals surface area (Å²) in [7, 11) is 6.19. The highest BCUT2D eigenvalue weighted by atomic mass is 32.2. The second-order valence-electron chi connectivity index (χ2n) is 6.35. The molecule has 2 N–H and O–H groups in total. The Labute approximate surface area is 185 Å². The third-order valence-corrected chi connectivity index (χ3v) is 5.40. The monoisotopic (exact) mass is 443 g/mol. The lowest BCUT2D eigenvalue weighted by atomic mass is 10.1. The molecular weight excluding hydrogens is 418 g/mol. The first-order valence-corrected chi connectivity index (χ1v) is 10.5. The fourth-order valence-electron chi connectivity index (χ4n) is 2.92. The number of hydrogen-bond donors (Lipinski definition) is 2. The van der Waals surface area contributed by atoms with Crippen LogP contribution in [0, 0.1) is 0 Å². The lowest BCUT2D eigenvalue weighted by Gasteiger charge is -2.14. The Bertz CT molecular complexity index is 995. The molecule has 0 saturated heterocycles. The topological polar surface area (TPSA) is 94.7 Å². The number of ether oxygens (including phenoxy) is 4. The van der Waals surface area contributed by atoms with Crippen LogP contribution in [0.4, 0.5) is 0 Å². The van der Waals surface area contributed by atoms with Crippen LogP contribution in [-0.4, -0.2) is 56.6 Å². The highest BCUT2D eigenvalue weighted by molar-refractivity contribution is 7.99. The molecule has 1 amide bonds. The van der Waals surface area contributed by atoms with Crippen LogP contribution in [0.3, 0.4) is 0 Å². The summed E-state index contributed by atoms with van der Waals surface area (Å²) in [5.74, 6) is 2.55. The number of methoxy groups -OCH3 is 4. The molecule has 0 spiro atoms. The quantitative estimate of drug-likeness (QED) is 0.365. The fraction of sp³-hybridized carbons (Fsp3) is 0.273. The first kappa shape index (κ1) is 22.4. The summed E-state index contributed by atoms with van der Waals surface area (Å²) >= 11 is 1.53. The molecule has 0 aliphatic rings. The van der Waals surface area contributed by atoms with E-state index in [0.29, 0.717) is 35.1 Å². The number of benzene rings is 2. The molecule has 0 radical (unpaired) electrons. The first-order chi connectivity index (χ1) is 15.1. The van der Waals surface area contributed by atoms with Crippen LogP contribution in [0.25, 0.3) is 11.3 Å². The smallest absolute Gasteiger partial charge is 0.251 e. The van der Waals surface area contributed by atoms with Gasteiger partial charge in [-0.1, -0.05) is 11.8 Å². The van der Waals surface area contributed by atoms with Crippen LogP contribution in [0.1, 0.15) is 10.4 Å². The maximum Gasteiger partial charge on any atom is 0.251 e. The lowest BCUT2D eigenvalue weighted by Crippen LogP contribution is -2.25. The Morgan fingerprint density at radius 1 is 1.00 bits per heavy atom. The highest BCUT2D eigenvalue weighted by Crippen LogP contribution is 2.38. The van der Waals surface area contributed by atoms with Gasteiger partial charge in [0, 0.05) is 17.9 Å². The van der Waals surface area contributed by atoms with E-state index in [1.165, 1.54) is 33.1 Å². The van der Waals surface area contributed by atoms with Crippen molar-refractivity contribution in [2.75, 3.05) is 40.7 Å². The third kappa shape index (κ3) is 5.43. The van der Waals surface area contributed by atoms with Gasteiger partial charge in [-0.05, 0) is 42.0 Å². The number of nitrogens with zero attached hydrogens (tertiary/aromatic N) is 1. The van der Waals surface area contributed by atoms with Crippen LogP contribution in [0.2, 0.25) is 0 Å². The number of hydrogen-bond acceptors (Lipinski definition) is 7. The minimum atomic E-state index is -0.224. The zero-order valence-electron chi connectivity index (χ0n) is 17.9. The molecule has 0 unspecified atom stereocenters. The van der Waals surface area contributed by atoms with Gasteiger partial charge in [-0.3, -0.25) is 4.79 Å². The largest absolute Gasteiger partial charge is 0.497 e. The van der Waals surface area contributed by atoms with Crippen molar-refractivity contribution in [3.8, 4) is 34.3 Å². The predicted octanol–water partition coefficient (Wildman–Crippen LogP) is 3.63. The average Bonchev–Trinajstić information content (AvgIpc) is 3.29. The molecule has 1 aromatic heterocycles. The molecule has 31 heavy (non-hydrogen) atoms. The van der Waals surface area contributed by atoms with Crippen molar-refractivity contribution < 1.29 is 23.7 Å². The lowest BCUT2D eigenvalue weighted by molar-refractivity contribution is 0.0955. The number of imidazole rings is 1. The number of amides is 1. The van der Waals surface area contributed by atoms with E-state index < -0.39 is 0 Å². The molecule has 3 aromatic rings. The number of carbonyl (C=O) groups is 1. The van der Waals surface area contributed by atoms with Crippen LogP contribution in [-0.2, 0) is 0 Å². The van der Waals surface area contributed by atoms with Gasteiger partial charge in [-0.15, -0.1) is 0 Å². The molecule has 8 nitrogen and oxygen atoms in total. The van der Waals surface area contributed by atoms with Crippen LogP contribution in [0.5, 0.6) is 23.0 Å². The Morgan fingerprint density at radius 3 is 2.26 bits per heavy atom. The first-order valence-electron chi connectivity index (χ1n) is 9.50. The summed E-state index contributed by atoms with van der Waals surface area (Å²) in [6.07, 6.45) is 1.79. The Hall–Kier alpha value is -3.33. The molecule has 9 heteroatoms. The van der Waals surface area contributed by atoms with Gasteiger partial charge in [0.05, 0.1) is 40.3 Å². The van der Waals surface area contributed by atoms with E-state index in [1.807, 2.05) is 24.3 Å². The molecule has 2 aromatic carbocycles. The van der Waals surface area contributed by atoms with Gasteiger partial charge in [0.15, 0.2) is 16.7 Å². The second-order valence-corrected chi connectivity index (χ2v) is 7.43. The van der Waals surface area contributed by atoms with Crippen molar-refractivity contribution in [2.45, 2.75) is 5.16 Å². The Morgan fingerprint density at radius 2 is 1.68 bits per heavy atom. The second kappa shape index (κ2) is 10.6. The van der Waals surface area contributed by atoms with E-state index in [9.17, 15) is 4.79 Å². The average molecular weight is 444 g/mol. The molecule has 0 bridgehead atoms. The zero-order valence-corrected chi connectivity index (χ0v) is 18.7. The molecule has 1 heterocycles. The minimum absolute atomic E-state index is 0.224. The number of H-pyrrole nitrogens is 1. The van der Waals surface area contributed by atoms with Crippen LogP contribution >= 0.6 is 11.8 Å². The van der Waals surface area contributed by atoms with Crippen molar-refractivity contribution in [1.29, 1.82) is 0 Å². The van der Waals surface area contributed by atoms with Crippen molar-refractivity contribution in [2.24, 2.45) is 0 Å². The molecule has 3 rings (SSSR count). The van der Waals surface area contributed by atoms with E-state index >= 15 is 0 Å². The molecular formula is C22H25N3O5S. The summed E-state index contributed by atoms with van der Waals surface area (Å²) in [5, 5.41) is 3.68. The molecule has 0 aliphatic heterocycles. The van der Waals surface area contributed by atoms with E-state index in [2.05, 4.69) is 15.3 Å². The molecule has 164 valence electrons. The molecule has 0 fully saturated rings. The fourth-order valence-corrected chi connectivity index (χ4v) is 3.63. The standard InChI is InChI=1S/C22H25N3O5S/c1-27-16-7-5-14(6-8-16)17-13-24-22(25-17)31-10-9-23-21(26)15-11-18(28-2)20(30-4)19(12-15)29-3/h5-8,11-13H,9-10H2,1-4H3,(H,23,26)(H,24,25). The van der Waals surface area contributed by atoms with E-state index in [4.69, 9.17) is 18.9 Å². The number of rotatable bonds is 10. The summed E-state index contributed by atoms with van der Waals surface area (Å²) in [6, 6.07) is 11.0. The zero-order chi connectivity index (χ0) is 22.2. The maximum atomic E-state index is 12.5. The van der Waals surface area contributed by atoms with Crippen molar-refractivity contribution in [3.63, 3.8) is 0 Å². The van der Waals surface area contributed by atoms with Crippen LogP contribution in [0.15, 0.2) is 47.8 Å². The van der Waals surface area contributed by atoms with Gasteiger partial charge >= 0.3 is 0 Å².